The molecule has 0 spiro atoms. The van der Waals surface area contributed by atoms with Crippen LogP contribution in [-0.2, 0) is 9.59 Å². The number of carbonyl (C=O) groups is 2. The molecule has 6 heteroatoms. The molecule has 6 nitrogen and oxygen atoms in total. The van der Waals surface area contributed by atoms with Crippen LogP contribution in [0, 0.1) is 0 Å². The van der Waals surface area contributed by atoms with Crippen molar-refractivity contribution >= 4 is 11.6 Å². The molecule has 0 radical (unpaired) electrons. The number of Topliss-reactive ketones (excluding diaryl/α,β-unsaturated/α-hetero) is 2. The lowest BCUT2D eigenvalue weighted by Crippen LogP contribution is -2.59. The van der Waals surface area contributed by atoms with Crippen LogP contribution in [0.25, 0.3) is 0 Å². The van der Waals surface area contributed by atoms with Gasteiger partial charge in [-0.15, -0.1) is 0 Å². The molecule has 0 rings (SSSR count). The highest BCUT2D eigenvalue weighted by Gasteiger charge is 2.48. The minimum absolute atomic E-state index is 0.857. The van der Waals surface area contributed by atoms with E-state index in [0.29, 0.717) is 0 Å². The number of aliphatic hydroxyl groups excluding tert-OH is 3. The number of hydrogen-bond donors (Lipinski definition) is 4. The van der Waals surface area contributed by atoms with Crippen molar-refractivity contribution in [2.75, 3.05) is 6.61 Å². The molecule has 2 atom stereocenters. The molecule has 0 aromatic heterocycles. The molecule has 0 fully saturated rings. The molecule has 4 N–H and O–H groups in total. The maximum absolute atomic E-state index is 10.9. The molecule has 0 amide bonds. The summed E-state index contributed by atoms with van der Waals surface area (Å²) < 4.78 is 0. The third-order valence-corrected chi connectivity index (χ3v) is 2.05. The van der Waals surface area contributed by atoms with E-state index in [1.54, 1.807) is 0 Å². The summed E-state index contributed by atoms with van der Waals surface area (Å²) in [5.41, 5.74) is -2.65. The Balaban J connectivity index is 5.02. The third kappa shape index (κ3) is 2.16. The standard InChI is InChI=1S/C8H14O6/c1-4(10)8(14,5(2)11)7(13)6(12)3-9/h6-7,9,12-14H,3H2,1-2H3. The van der Waals surface area contributed by atoms with Crippen molar-refractivity contribution in [1.82, 2.24) is 0 Å². The smallest absolute Gasteiger partial charge is 0.209 e. The number of ketones is 2. The number of rotatable bonds is 5. The van der Waals surface area contributed by atoms with Gasteiger partial charge in [-0.2, -0.15) is 0 Å². The molecule has 0 saturated heterocycles. The van der Waals surface area contributed by atoms with E-state index >= 15 is 0 Å². The predicted octanol–water partition coefficient (Wildman–Crippen LogP) is -2.39. The predicted molar refractivity (Wildman–Crippen MR) is 45.4 cm³/mol. The van der Waals surface area contributed by atoms with Crippen LogP contribution < -0.4 is 0 Å². The van der Waals surface area contributed by atoms with E-state index in [0.717, 1.165) is 13.8 Å². The fourth-order valence-electron chi connectivity index (χ4n) is 1.04. The lowest BCUT2D eigenvalue weighted by atomic mass is 9.85. The highest BCUT2D eigenvalue weighted by atomic mass is 16.4. The minimum Gasteiger partial charge on any atom is -0.394 e. The van der Waals surface area contributed by atoms with Gasteiger partial charge in [0.2, 0.25) is 5.60 Å². The quantitative estimate of drug-likeness (QED) is 0.373. The van der Waals surface area contributed by atoms with Crippen LogP contribution in [0.5, 0.6) is 0 Å². The van der Waals surface area contributed by atoms with Crippen molar-refractivity contribution < 1.29 is 30.0 Å². The third-order valence-electron chi connectivity index (χ3n) is 2.05. The van der Waals surface area contributed by atoms with E-state index in [1.165, 1.54) is 0 Å². The fourth-order valence-corrected chi connectivity index (χ4v) is 1.04. The van der Waals surface area contributed by atoms with Gasteiger partial charge in [0.1, 0.15) is 12.2 Å². The first-order chi connectivity index (χ1) is 6.28. The molecule has 14 heavy (non-hydrogen) atoms. The molecule has 0 aliphatic heterocycles. The summed E-state index contributed by atoms with van der Waals surface area (Å²) in [4.78, 5) is 21.9. The SMILES string of the molecule is CC(=O)C(O)(C(C)=O)C(O)C(O)CO. The van der Waals surface area contributed by atoms with Crippen LogP contribution >= 0.6 is 0 Å². The summed E-state index contributed by atoms with van der Waals surface area (Å²) in [7, 11) is 0. The van der Waals surface area contributed by atoms with E-state index in [1.807, 2.05) is 0 Å². The van der Waals surface area contributed by atoms with Crippen molar-refractivity contribution in [2.45, 2.75) is 31.7 Å². The minimum atomic E-state index is -2.65. The molecule has 0 bridgehead atoms. The van der Waals surface area contributed by atoms with Crippen LogP contribution in [0.3, 0.4) is 0 Å². The average molecular weight is 206 g/mol. The van der Waals surface area contributed by atoms with Crippen LogP contribution in [0.4, 0.5) is 0 Å². The summed E-state index contributed by atoms with van der Waals surface area (Å²) in [5, 5.41) is 36.3. The topological polar surface area (TPSA) is 115 Å². The molecule has 0 aromatic rings. The Morgan fingerprint density at radius 1 is 1.21 bits per heavy atom. The molecule has 0 saturated carbocycles. The van der Waals surface area contributed by atoms with Gasteiger partial charge in [-0.1, -0.05) is 0 Å². The summed E-state index contributed by atoms with van der Waals surface area (Å²) in [6, 6.07) is 0. The summed E-state index contributed by atoms with van der Waals surface area (Å²) in [6.45, 7) is 0.966. The zero-order valence-corrected chi connectivity index (χ0v) is 7.97. The lowest BCUT2D eigenvalue weighted by Gasteiger charge is -2.30. The van der Waals surface area contributed by atoms with Crippen LogP contribution in [0.2, 0.25) is 0 Å². The van der Waals surface area contributed by atoms with Crippen molar-refractivity contribution in [3.8, 4) is 0 Å². The highest BCUT2D eigenvalue weighted by Crippen LogP contribution is 2.16. The zero-order chi connectivity index (χ0) is 11.5. The van der Waals surface area contributed by atoms with Crippen molar-refractivity contribution in [2.24, 2.45) is 0 Å². The van der Waals surface area contributed by atoms with Crippen molar-refractivity contribution in [3.63, 3.8) is 0 Å². The van der Waals surface area contributed by atoms with Crippen molar-refractivity contribution in [1.29, 1.82) is 0 Å². The summed E-state index contributed by atoms with van der Waals surface area (Å²) >= 11 is 0. The first-order valence-corrected chi connectivity index (χ1v) is 3.99. The van der Waals surface area contributed by atoms with Crippen LogP contribution in [0.15, 0.2) is 0 Å². The average Bonchev–Trinajstić information content (AvgIpc) is 2.13. The maximum Gasteiger partial charge on any atom is 0.209 e. The Bertz CT molecular complexity index is 222. The number of aliphatic hydroxyl groups is 4. The molecule has 0 aromatic carbocycles. The van der Waals surface area contributed by atoms with Gasteiger partial charge in [0.25, 0.3) is 0 Å². The second kappa shape index (κ2) is 4.61. The Morgan fingerprint density at radius 3 is 1.79 bits per heavy atom. The molecule has 82 valence electrons. The van der Waals surface area contributed by atoms with Gasteiger partial charge < -0.3 is 20.4 Å². The zero-order valence-electron chi connectivity index (χ0n) is 7.97. The molecule has 0 aliphatic rings. The normalized spacial score (nSPS) is 16.1. The molecule has 0 aliphatic carbocycles. The van der Waals surface area contributed by atoms with Gasteiger partial charge in [-0.3, -0.25) is 9.59 Å². The van der Waals surface area contributed by atoms with E-state index in [9.17, 15) is 19.8 Å². The van der Waals surface area contributed by atoms with E-state index < -0.39 is 36.0 Å². The highest BCUT2D eigenvalue weighted by molar-refractivity contribution is 6.08. The van der Waals surface area contributed by atoms with Crippen LogP contribution in [-0.4, -0.2) is 56.4 Å². The van der Waals surface area contributed by atoms with E-state index in [-0.39, 0.29) is 0 Å². The maximum atomic E-state index is 10.9. The van der Waals surface area contributed by atoms with Gasteiger partial charge in [-0.25, -0.2) is 0 Å². The first-order valence-electron chi connectivity index (χ1n) is 3.99. The Kier molecular flexibility index (Phi) is 4.34. The van der Waals surface area contributed by atoms with Gasteiger partial charge in [0.15, 0.2) is 11.6 Å². The molecular weight excluding hydrogens is 192 g/mol. The molecular formula is C8H14O6. The Labute approximate surface area is 80.8 Å². The summed E-state index contributed by atoms with van der Waals surface area (Å²) in [5.74, 6) is -1.96. The van der Waals surface area contributed by atoms with E-state index in [2.05, 4.69) is 0 Å². The summed E-state index contributed by atoms with van der Waals surface area (Å²) in [6.07, 6.45) is -3.77. The first kappa shape index (κ1) is 13.2. The number of hydrogen-bond acceptors (Lipinski definition) is 6. The second-order valence-electron chi connectivity index (χ2n) is 3.07. The second-order valence-corrected chi connectivity index (χ2v) is 3.07. The van der Waals surface area contributed by atoms with Crippen molar-refractivity contribution in [3.05, 3.63) is 0 Å². The van der Waals surface area contributed by atoms with Gasteiger partial charge >= 0.3 is 0 Å². The fraction of sp³-hybridized carbons (Fsp3) is 0.750. The van der Waals surface area contributed by atoms with E-state index in [4.69, 9.17) is 10.2 Å². The monoisotopic (exact) mass is 206 g/mol. The molecule has 2 unspecified atom stereocenters. The van der Waals surface area contributed by atoms with Gasteiger partial charge in [0.05, 0.1) is 6.61 Å². The molecule has 0 heterocycles. The Hall–Kier alpha value is -0.820. The van der Waals surface area contributed by atoms with Gasteiger partial charge in [-0.05, 0) is 13.8 Å². The number of carbonyl (C=O) groups excluding carboxylic acids is 2. The Morgan fingerprint density at radius 2 is 1.57 bits per heavy atom. The van der Waals surface area contributed by atoms with Gasteiger partial charge in [0, 0.05) is 0 Å². The lowest BCUT2D eigenvalue weighted by molar-refractivity contribution is -0.172. The largest absolute Gasteiger partial charge is 0.394 e. The van der Waals surface area contributed by atoms with Crippen LogP contribution in [0.1, 0.15) is 13.8 Å².